The minimum Gasteiger partial charge on any atom is -0.191 e. The normalized spacial score (nSPS) is 16.3. The summed E-state index contributed by atoms with van der Waals surface area (Å²) in [5, 5.41) is 0. The number of rotatable bonds is 2. The minimum atomic E-state index is -6.25. The fraction of sp³-hybridized carbons (Fsp3) is 0.667. The van der Waals surface area contributed by atoms with Gasteiger partial charge in [-0.05, 0) is 22.6 Å². The highest BCUT2D eigenvalue weighted by Crippen LogP contribution is 2.46. The van der Waals surface area contributed by atoms with E-state index in [2.05, 4.69) is 0 Å². The van der Waals surface area contributed by atoms with Crippen LogP contribution in [0.15, 0.2) is 9.66 Å². The molecule has 0 N–H and O–H groups in total. The van der Waals surface area contributed by atoms with Gasteiger partial charge in [0.2, 0.25) is 0 Å². The van der Waals surface area contributed by atoms with E-state index in [1.54, 1.807) is 0 Å². The van der Waals surface area contributed by atoms with Gasteiger partial charge in [-0.15, -0.1) is 0 Å². The molecule has 0 aliphatic rings. The average molecular weight is 390 g/mol. The predicted molar refractivity (Wildman–Crippen MR) is 44.1 cm³/mol. The van der Waals surface area contributed by atoms with Crippen molar-refractivity contribution in [2.75, 3.05) is 0 Å². The summed E-state index contributed by atoms with van der Waals surface area (Å²) in [5.41, 5.74) is 0. The van der Waals surface area contributed by atoms with Gasteiger partial charge >= 0.3 is 24.2 Å². The van der Waals surface area contributed by atoms with Crippen LogP contribution in [0.2, 0.25) is 0 Å². The first kappa shape index (κ1) is 16.8. The molecule has 0 amide bonds. The first-order chi connectivity index (χ1) is 7.13. The van der Waals surface area contributed by atoms with Gasteiger partial charge in [-0.25, -0.2) is 0 Å². The van der Waals surface area contributed by atoms with Crippen molar-refractivity contribution in [2.24, 2.45) is 0 Å². The Morgan fingerprint density at radius 2 is 1.06 bits per heavy atom. The zero-order valence-corrected chi connectivity index (χ0v) is 9.39. The van der Waals surface area contributed by atoms with Crippen molar-refractivity contribution in [2.45, 2.75) is 24.2 Å². The lowest BCUT2D eigenvalue weighted by atomic mass is 10.2. The summed E-state index contributed by atoms with van der Waals surface area (Å²) >= 11 is 0.0859. The van der Waals surface area contributed by atoms with Gasteiger partial charge in [0, 0.05) is 6.08 Å². The lowest BCUT2D eigenvalue weighted by Gasteiger charge is -2.22. The molecule has 0 unspecified atom stereocenters. The Bertz CT molecular complexity index is 308. The van der Waals surface area contributed by atoms with Crippen molar-refractivity contribution in [3.63, 3.8) is 0 Å². The fourth-order valence-corrected chi connectivity index (χ4v) is 1.16. The van der Waals surface area contributed by atoms with E-state index < -0.39 is 33.9 Å². The minimum absolute atomic E-state index is 0.0859. The van der Waals surface area contributed by atoms with Crippen molar-refractivity contribution in [1.82, 2.24) is 0 Å². The van der Waals surface area contributed by atoms with Gasteiger partial charge in [0.25, 0.3) is 0 Å². The van der Waals surface area contributed by atoms with Crippen LogP contribution in [0.3, 0.4) is 0 Å². The van der Waals surface area contributed by atoms with Crippen LogP contribution in [0.1, 0.15) is 0 Å². The second-order valence-electron chi connectivity index (χ2n) is 2.69. The Morgan fingerprint density at radius 1 is 0.706 bits per heavy atom. The molecule has 0 aliphatic carbocycles. The monoisotopic (exact) mass is 390 g/mol. The highest BCUT2D eigenvalue weighted by Gasteiger charge is 2.62. The SMILES string of the molecule is FC(F)(F)C(F)(F)C=C(I)C(F)(F)C(F)(F)F. The summed E-state index contributed by atoms with van der Waals surface area (Å²) in [7, 11) is 0. The maximum Gasteiger partial charge on any atom is 0.458 e. The van der Waals surface area contributed by atoms with Crippen molar-refractivity contribution in [1.29, 1.82) is 0 Å². The third kappa shape index (κ3) is 3.61. The first-order valence-corrected chi connectivity index (χ1v) is 4.48. The van der Waals surface area contributed by atoms with E-state index in [9.17, 15) is 43.9 Å². The van der Waals surface area contributed by atoms with E-state index in [-0.39, 0.29) is 22.6 Å². The lowest BCUT2D eigenvalue weighted by Crippen LogP contribution is -2.40. The number of hydrogen-bond acceptors (Lipinski definition) is 0. The Balaban J connectivity index is 5.40. The van der Waals surface area contributed by atoms with Crippen LogP contribution < -0.4 is 0 Å². The van der Waals surface area contributed by atoms with Gasteiger partial charge in [0.1, 0.15) is 0 Å². The molecule has 0 fully saturated rings. The van der Waals surface area contributed by atoms with Gasteiger partial charge in [0.15, 0.2) is 0 Å². The average Bonchev–Trinajstić information content (AvgIpc) is 1.98. The van der Waals surface area contributed by atoms with E-state index in [4.69, 9.17) is 0 Å². The molecule has 0 aromatic rings. The van der Waals surface area contributed by atoms with Crippen molar-refractivity contribution in [3.05, 3.63) is 9.66 Å². The lowest BCUT2D eigenvalue weighted by molar-refractivity contribution is -0.268. The molecule has 0 aromatic carbocycles. The predicted octanol–water partition coefficient (Wildman–Crippen LogP) is 4.70. The molecule has 0 aromatic heterocycles. The van der Waals surface area contributed by atoms with Crippen LogP contribution in [0.5, 0.6) is 0 Å². The third-order valence-electron chi connectivity index (χ3n) is 1.34. The topological polar surface area (TPSA) is 0 Å². The summed E-state index contributed by atoms with van der Waals surface area (Å²) in [5.74, 6) is -11.5. The third-order valence-corrected chi connectivity index (χ3v) is 2.33. The molecule has 17 heavy (non-hydrogen) atoms. The molecule has 0 radical (unpaired) electrons. The first-order valence-electron chi connectivity index (χ1n) is 3.41. The van der Waals surface area contributed by atoms with E-state index >= 15 is 0 Å². The van der Waals surface area contributed by atoms with Gasteiger partial charge in [-0.1, -0.05) is 0 Å². The molecule has 0 nitrogen and oxygen atoms in total. The van der Waals surface area contributed by atoms with E-state index in [0.29, 0.717) is 0 Å². The molecule has 0 spiro atoms. The van der Waals surface area contributed by atoms with Crippen molar-refractivity contribution < 1.29 is 43.9 Å². The maximum absolute atomic E-state index is 12.3. The molecular weight excluding hydrogens is 389 g/mol. The highest BCUT2D eigenvalue weighted by molar-refractivity contribution is 14.1. The number of allylic oxidation sites excluding steroid dienone is 2. The van der Waals surface area contributed by atoms with Gasteiger partial charge < -0.3 is 0 Å². The van der Waals surface area contributed by atoms with Crippen LogP contribution >= 0.6 is 22.6 Å². The number of halogens is 11. The highest BCUT2D eigenvalue weighted by atomic mass is 127. The standard InChI is InChI=1S/C6HF10I/c7-3(8,5(11,12)13)1-2(17)4(9,10)6(14,15)16/h1H. The summed E-state index contributed by atoms with van der Waals surface area (Å²) < 4.78 is 116. The van der Waals surface area contributed by atoms with E-state index in [1.165, 1.54) is 0 Å². The zero-order chi connectivity index (χ0) is 14.3. The van der Waals surface area contributed by atoms with Crippen LogP contribution in [0, 0.1) is 0 Å². The molecule has 0 saturated heterocycles. The van der Waals surface area contributed by atoms with Crippen LogP contribution in [0.25, 0.3) is 0 Å². The summed E-state index contributed by atoms with van der Waals surface area (Å²) in [4.78, 5) is 0. The second-order valence-corrected chi connectivity index (χ2v) is 3.85. The Labute approximate surface area is 101 Å². The Morgan fingerprint density at radius 3 is 1.29 bits per heavy atom. The molecule has 0 atom stereocenters. The molecule has 0 rings (SSSR count). The zero-order valence-electron chi connectivity index (χ0n) is 7.23. The van der Waals surface area contributed by atoms with Crippen molar-refractivity contribution in [3.8, 4) is 0 Å². The molecule has 0 heterocycles. The summed E-state index contributed by atoms with van der Waals surface area (Å²) in [6.07, 6.45) is -14.0. The number of alkyl halides is 10. The van der Waals surface area contributed by atoms with E-state index in [0.717, 1.165) is 0 Å². The Hall–Kier alpha value is -0.230. The van der Waals surface area contributed by atoms with Crippen LogP contribution in [0.4, 0.5) is 43.9 Å². The van der Waals surface area contributed by atoms with Gasteiger partial charge in [0.05, 0.1) is 3.58 Å². The summed E-state index contributed by atoms with van der Waals surface area (Å²) in [6.45, 7) is 0. The fourth-order valence-electron chi connectivity index (χ4n) is 0.467. The molecule has 0 bridgehead atoms. The smallest absolute Gasteiger partial charge is 0.191 e. The van der Waals surface area contributed by atoms with Gasteiger partial charge in [-0.3, -0.25) is 0 Å². The molecule has 0 saturated carbocycles. The molecular formula is C6HF10I. The maximum atomic E-state index is 12.3. The number of hydrogen-bond donors (Lipinski definition) is 0. The van der Waals surface area contributed by atoms with Crippen molar-refractivity contribution >= 4 is 22.6 Å². The molecule has 11 heteroatoms. The summed E-state index contributed by atoms with van der Waals surface area (Å²) in [6, 6.07) is 0. The quantitative estimate of drug-likeness (QED) is 0.474. The van der Waals surface area contributed by atoms with Gasteiger partial charge in [-0.2, -0.15) is 43.9 Å². The molecule has 102 valence electrons. The largest absolute Gasteiger partial charge is 0.458 e. The molecule has 0 aliphatic heterocycles. The Kier molecular flexibility index (Phi) is 4.40. The van der Waals surface area contributed by atoms with E-state index in [1.807, 2.05) is 0 Å². The second kappa shape index (κ2) is 4.46. The van der Waals surface area contributed by atoms with Crippen LogP contribution in [-0.4, -0.2) is 24.2 Å². The van der Waals surface area contributed by atoms with Crippen LogP contribution in [-0.2, 0) is 0 Å².